The van der Waals surface area contributed by atoms with Crippen LogP contribution in [0.1, 0.15) is 41.5 Å². The number of allylic oxidation sites excluding steroid dienone is 1. The summed E-state index contributed by atoms with van der Waals surface area (Å²) in [5, 5.41) is 6.23. The third-order valence-electron chi connectivity index (χ3n) is 6.46. The van der Waals surface area contributed by atoms with Crippen LogP contribution in [-0.4, -0.2) is 32.0 Å². The zero-order valence-electron chi connectivity index (χ0n) is 23.1. The van der Waals surface area contributed by atoms with Gasteiger partial charge in [-0.2, -0.15) is 0 Å². The predicted molar refractivity (Wildman–Crippen MR) is 157 cm³/mol. The molecule has 4 rings (SSSR count). The van der Waals surface area contributed by atoms with Crippen molar-refractivity contribution in [1.29, 1.82) is 0 Å². The summed E-state index contributed by atoms with van der Waals surface area (Å²) in [5.74, 6) is 0.261. The van der Waals surface area contributed by atoms with Crippen LogP contribution in [0.2, 0.25) is 0 Å². The van der Waals surface area contributed by atoms with Crippen LogP contribution < -0.4 is 15.4 Å². The highest BCUT2D eigenvalue weighted by Crippen LogP contribution is 2.37. The van der Waals surface area contributed by atoms with Crippen LogP contribution in [0.3, 0.4) is 0 Å². The van der Waals surface area contributed by atoms with Gasteiger partial charge >= 0.3 is 0 Å². The number of fused-ring (bicyclic) bond motifs is 1. The minimum atomic E-state index is -0.381. The smallest absolute Gasteiger partial charge is 0.255 e. The number of ether oxygens (including phenoxy) is 1. The van der Waals surface area contributed by atoms with E-state index in [2.05, 4.69) is 17.2 Å². The Morgan fingerprint density at radius 1 is 1.00 bits per heavy atom. The Labute approximate surface area is 233 Å². The SMILES string of the molecule is C=C/C(=C\C)COc1cc(C(=O)NCC(C)C)cc(-c2ccc3oc(-c4ccc(F)cc4)c(C(=O)NC)c3c2)c1. The number of hydrogen-bond donors (Lipinski definition) is 2. The molecule has 0 radical (unpaired) electrons. The fraction of sp³-hybridized carbons (Fsp3) is 0.212. The lowest BCUT2D eigenvalue weighted by molar-refractivity contribution is 0.0945. The molecule has 0 fully saturated rings. The van der Waals surface area contributed by atoms with Gasteiger partial charge in [0.05, 0.1) is 5.56 Å². The molecule has 206 valence electrons. The minimum Gasteiger partial charge on any atom is -0.489 e. The molecule has 0 bridgehead atoms. The Bertz CT molecular complexity index is 1580. The highest BCUT2D eigenvalue weighted by molar-refractivity contribution is 6.12. The largest absolute Gasteiger partial charge is 0.489 e. The first-order valence-corrected chi connectivity index (χ1v) is 13.1. The van der Waals surface area contributed by atoms with Crippen molar-refractivity contribution >= 4 is 22.8 Å². The number of nitrogens with one attached hydrogen (secondary N) is 2. The topological polar surface area (TPSA) is 80.6 Å². The second kappa shape index (κ2) is 12.5. The molecule has 40 heavy (non-hydrogen) atoms. The van der Waals surface area contributed by atoms with Crippen molar-refractivity contribution in [2.24, 2.45) is 5.92 Å². The summed E-state index contributed by atoms with van der Waals surface area (Å²) < 4.78 is 25.7. The van der Waals surface area contributed by atoms with Gasteiger partial charge in [0.25, 0.3) is 11.8 Å². The molecule has 1 aromatic heterocycles. The van der Waals surface area contributed by atoms with E-state index in [9.17, 15) is 14.0 Å². The number of amides is 2. The fourth-order valence-electron chi connectivity index (χ4n) is 4.24. The lowest BCUT2D eigenvalue weighted by Crippen LogP contribution is -2.27. The van der Waals surface area contributed by atoms with Crippen LogP contribution in [0.4, 0.5) is 4.39 Å². The molecule has 3 aromatic carbocycles. The summed E-state index contributed by atoms with van der Waals surface area (Å²) in [4.78, 5) is 26.0. The molecule has 0 saturated heterocycles. The van der Waals surface area contributed by atoms with Gasteiger partial charge in [-0.1, -0.05) is 38.6 Å². The van der Waals surface area contributed by atoms with Gasteiger partial charge in [0.2, 0.25) is 0 Å². The van der Waals surface area contributed by atoms with Crippen molar-refractivity contribution in [2.75, 3.05) is 20.2 Å². The van der Waals surface area contributed by atoms with Gasteiger partial charge in [-0.3, -0.25) is 9.59 Å². The maximum Gasteiger partial charge on any atom is 0.255 e. The van der Waals surface area contributed by atoms with Crippen LogP contribution in [0, 0.1) is 11.7 Å². The van der Waals surface area contributed by atoms with Gasteiger partial charge in [-0.15, -0.1) is 0 Å². The van der Waals surface area contributed by atoms with Crippen molar-refractivity contribution in [3.8, 4) is 28.2 Å². The third-order valence-corrected chi connectivity index (χ3v) is 6.46. The molecule has 2 N–H and O–H groups in total. The number of benzene rings is 3. The molecule has 6 nitrogen and oxygen atoms in total. The summed E-state index contributed by atoms with van der Waals surface area (Å²) in [6, 6.07) is 16.7. The maximum atomic E-state index is 13.6. The van der Waals surface area contributed by atoms with Crippen LogP contribution >= 0.6 is 0 Å². The monoisotopic (exact) mass is 540 g/mol. The van der Waals surface area contributed by atoms with E-state index in [1.54, 1.807) is 43.5 Å². The Balaban J connectivity index is 1.83. The van der Waals surface area contributed by atoms with Crippen LogP contribution in [0.5, 0.6) is 5.75 Å². The molecule has 0 spiro atoms. The molecule has 0 saturated carbocycles. The maximum absolute atomic E-state index is 13.6. The second-order valence-corrected chi connectivity index (χ2v) is 9.81. The van der Waals surface area contributed by atoms with Crippen LogP contribution in [-0.2, 0) is 0 Å². The van der Waals surface area contributed by atoms with Crippen LogP contribution in [0.15, 0.2) is 89.4 Å². The number of halogens is 1. The Morgan fingerprint density at radius 2 is 1.73 bits per heavy atom. The summed E-state index contributed by atoms with van der Waals surface area (Å²) in [7, 11) is 1.55. The molecular weight excluding hydrogens is 507 g/mol. The zero-order chi connectivity index (χ0) is 28.8. The number of carbonyl (C=O) groups is 2. The molecular formula is C33H33FN2O4. The second-order valence-electron chi connectivity index (χ2n) is 9.81. The van der Waals surface area contributed by atoms with E-state index in [1.165, 1.54) is 12.1 Å². The number of rotatable bonds is 10. The van der Waals surface area contributed by atoms with E-state index < -0.39 is 0 Å². The van der Waals surface area contributed by atoms with Gasteiger partial charge in [-0.25, -0.2) is 4.39 Å². The molecule has 7 heteroatoms. The number of hydrogen-bond acceptors (Lipinski definition) is 4. The standard InChI is InChI=1S/C33H33FN2O4/c1-6-21(7-2)19-39-27-15-24(14-25(16-27)32(37)36-18-20(3)4)23-10-13-29-28(17-23)30(33(38)35-5)31(40-29)22-8-11-26(34)12-9-22/h6-17,20H,1,18-19H2,2-5H3,(H,35,38)(H,36,37)/b21-7+. The highest BCUT2D eigenvalue weighted by Gasteiger charge is 2.22. The summed E-state index contributed by atoms with van der Waals surface area (Å²) in [6.07, 6.45) is 3.64. The number of carbonyl (C=O) groups excluding carboxylic acids is 2. The molecule has 4 aromatic rings. The van der Waals surface area contributed by atoms with Gasteiger partial charge in [-0.05, 0) is 84.1 Å². The lowest BCUT2D eigenvalue weighted by atomic mass is 9.98. The van der Waals surface area contributed by atoms with E-state index >= 15 is 0 Å². The van der Waals surface area contributed by atoms with Crippen LogP contribution in [0.25, 0.3) is 33.4 Å². The van der Waals surface area contributed by atoms with E-state index in [0.717, 1.165) is 16.7 Å². The van der Waals surface area contributed by atoms with Crippen molar-refractivity contribution in [1.82, 2.24) is 10.6 Å². The zero-order valence-corrected chi connectivity index (χ0v) is 23.1. The first-order chi connectivity index (χ1) is 19.2. The summed E-state index contributed by atoms with van der Waals surface area (Å²) in [5.41, 5.74) is 4.31. The Hall–Kier alpha value is -4.65. The van der Waals surface area contributed by atoms with E-state index in [4.69, 9.17) is 9.15 Å². The van der Waals surface area contributed by atoms with Gasteiger partial charge < -0.3 is 19.8 Å². The average Bonchev–Trinajstić information content (AvgIpc) is 3.35. The predicted octanol–water partition coefficient (Wildman–Crippen LogP) is 7.16. The van der Waals surface area contributed by atoms with Crippen molar-refractivity contribution in [2.45, 2.75) is 20.8 Å². The van der Waals surface area contributed by atoms with Crippen molar-refractivity contribution < 1.29 is 23.1 Å². The fourth-order valence-corrected chi connectivity index (χ4v) is 4.24. The summed E-state index contributed by atoms with van der Waals surface area (Å²) in [6.45, 7) is 10.6. The Morgan fingerprint density at radius 3 is 2.38 bits per heavy atom. The first kappa shape index (κ1) is 28.4. The highest BCUT2D eigenvalue weighted by atomic mass is 19.1. The Kier molecular flexibility index (Phi) is 8.84. The quantitative estimate of drug-likeness (QED) is 0.209. The molecule has 0 atom stereocenters. The van der Waals surface area contributed by atoms with E-state index in [0.29, 0.717) is 58.2 Å². The molecule has 2 amide bonds. The van der Waals surface area contributed by atoms with Crippen molar-refractivity contribution in [3.05, 3.63) is 102 Å². The lowest BCUT2D eigenvalue weighted by Gasteiger charge is -2.13. The molecule has 1 heterocycles. The van der Waals surface area contributed by atoms with E-state index in [-0.39, 0.29) is 17.6 Å². The average molecular weight is 541 g/mol. The number of furan rings is 1. The van der Waals surface area contributed by atoms with Gasteiger partial charge in [0.1, 0.15) is 29.5 Å². The normalized spacial score (nSPS) is 11.5. The van der Waals surface area contributed by atoms with Gasteiger partial charge in [0, 0.05) is 30.1 Å². The van der Waals surface area contributed by atoms with Gasteiger partial charge in [0.15, 0.2) is 0 Å². The molecule has 0 aliphatic rings. The molecule has 0 aliphatic carbocycles. The molecule has 0 aliphatic heterocycles. The first-order valence-electron chi connectivity index (χ1n) is 13.1. The summed E-state index contributed by atoms with van der Waals surface area (Å²) >= 11 is 0. The third kappa shape index (κ3) is 6.31. The van der Waals surface area contributed by atoms with E-state index in [1.807, 2.05) is 45.0 Å². The van der Waals surface area contributed by atoms with Crippen molar-refractivity contribution in [3.63, 3.8) is 0 Å². The minimum absolute atomic E-state index is 0.204. The molecule has 0 unspecified atom stereocenters.